The van der Waals surface area contributed by atoms with Crippen LogP contribution >= 0.6 is 0 Å². The highest BCUT2D eigenvalue weighted by Crippen LogP contribution is 2.68. The fraction of sp³-hybridized carbons (Fsp3) is 0.952. The second-order valence-electron chi connectivity index (χ2n) is 10.0. The lowest BCUT2D eigenvalue weighted by Crippen LogP contribution is -2.62. The fourth-order valence-electron chi connectivity index (χ4n) is 8.14. The summed E-state index contributed by atoms with van der Waals surface area (Å²) in [6.07, 6.45) is 12.3. The lowest BCUT2D eigenvalue weighted by Gasteiger charge is -2.61. The van der Waals surface area contributed by atoms with Gasteiger partial charge in [0.1, 0.15) is 0 Å². The Labute approximate surface area is 146 Å². The zero-order valence-electron chi connectivity index (χ0n) is 15.4. The van der Waals surface area contributed by atoms with Crippen molar-refractivity contribution in [2.75, 3.05) is 6.61 Å². The molecule has 2 aliphatic heterocycles. The maximum Gasteiger partial charge on any atom is 0.220 e. The van der Waals surface area contributed by atoms with Crippen LogP contribution in [0.15, 0.2) is 0 Å². The van der Waals surface area contributed by atoms with Gasteiger partial charge in [-0.2, -0.15) is 0 Å². The van der Waals surface area contributed by atoms with Gasteiger partial charge in [0.2, 0.25) is 5.91 Å². The summed E-state index contributed by atoms with van der Waals surface area (Å²) in [5, 5.41) is 3.35. The van der Waals surface area contributed by atoms with Gasteiger partial charge in [-0.05, 0) is 86.4 Å². The number of carbonyl (C=O) groups excluding carboxylic acids is 1. The van der Waals surface area contributed by atoms with Gasteiger partial charge in [-0.15, -0.1) is 0 Å². The number of fused-ring (bicyclic) bond motifs is 6. The van der Waals surface area contributed by atoms with Crippen LogP contribution in [0.2, 0.25) is 0 Å². The van der Waals surface area contributed by atoms with E-state index in [1.807, 2.05) is 0 Å². The summed E-state index contributed by atoms with van der Waals surface area (Å²) in [7, 11) is 0. The first-order valence-electron chi connectivity index (χ1n) is 10.4. The summed E-state index contributed by atoms with van der Waals surface area (Å²) in [5.74, 6) is 2.82. The number of piperidine rings is 1. The molecule has 134 valence electrons. The summed E-state index contributed by atoms with van der Waals surface area (Å²) in [4.78, 5) is 11.9. The van der Waals surface area contributed by atoms with E-state index in [2.05, 4.69) is 19.2 Å². The summed E-state index contributed by atoms with van der Waals surface area (Å²) < 4.78 is 6.44. The van der Waals surface area contributed by atoms with Gasteiger partial charge in [0.15, 0.2) is 0 Å². The highest BCUT2D eigenvalue weighted by atomic mass is 16.5. The highest BCUT2D eigenvalue weighted by Gasteiger charge is 2.65. The maximum atomic E-state index is 11.9. The van der Waals surface area contributed by atoms with Crippen LogP contribution in [0.5, 0.6) is 0 Å². The molecule has 1 amide bonds. The topological polar surface area (TPSA) is 38.3 Å². The molecule has 2 heterocycles. The van der Waals surface area contributed by atoms with Gasteiger partial charge in [-0.1, -0.05) is 13.8 Å². The molecule has 3 heteroatoms. The van der Waals surface area contributed by atoms with Crippen LogP contribution in [0.4, 0.5) is 0 Å². The molecule has 7 atom stereocenters. The molecule has 2 saturated heterocycles. The van der Waals surface area contributed by atoms with Crippen molar-refractivity contribution in [3.8, 4) is 0 Å². The molecule has 5 aliphatic rings. The third-order valence-corrected chi connectivity index (χ3v) is 9.49. The van der Waals surface area contributed by atoms with Crippen molar-refractivity contribution in [1.82, 2.24) is 5.32 Å². The van der Waals surface area contributed by atoms with E-state index in [0.717, 1.165) is 37.2 Å². The van der Waals surface area contributed by atoms with Crippen LogP contribution in [-0.2, 0) is 9.53 Å². The summed E-state index contributed by atoms with van der Waals surface area (Å²) in [5.41, 5.74) is 0.956. The van der Waals surface area contributed by atoms with Gasteiger partial charge < -0.3 is 10.1 Å². The number of rotatable bonds is 0. The van der Waals surface area contributed by atoms with E-state index in [9.17, 15) is 4.79 Å². The molecule has 0 unspecified atom stereocenters. The van der Waals surface area contributed by atoms with Crippen molar-refractivity contribution in [1.29, 1.82) is 0 Å². The van der Waals surface area contributed by atoms with Crippen LogP contribution in [0.1, 0.15) is 78.1 Å². The second kappa shape index (κ2) is 4.99. The SMILES string of the molecule is C[C@]12CCC(=O)N[C@@H]1CC[C@@H]1[C@@H]2CC[C@@]2(C)[C@H]1CC[C@@]21CCCO1. The van der Waals surface area contributed by atoms with Gasteiger partial charge in [0, 0.05) is 19.1 Å². The zero-order chi connectivity index (χ0) is 16.6. The minimum Gasteiger partial charge on any atom is -0.374 e. The number of hydrogen-bond donors (Lipinski definition) is 1. The molecule has 0 radical (unpaired) electrons. The lowest BCUT2D eigenvalue weighted by atomic mass is 9.46. The van der Waals surface area contributed by atoms with E-state index in [1.54, 1.807) is 0 Å². The third-order valence-electron chi connectivity index (χ3n) is 9.49. The van der Waals surface area contributed by atoms with Crippen LogP contribution < -0.4 is 5.32 Å². The third kappa shape index (κ3) is 1.80. The summed E-state index contributed by atoms with van der Waals surface area (Å²) in [6, 6.07) is 0.433. The van der Waals surface area contributed by atoms with E-state index in [4.69, 9.17) is 4.74 Å². The average Bonchev–Trinajstić information content (AvgIpc) is 3.15. The molecule has 5 rings (SSSR count). The van der Waals surface area contributed by atoms with Crippen LogP contribution in [0.25, 0.3) is 0 Å². The van der Waals surface area contributed by atoms with Crippen molar-refractivity contribution in [3.63, 3.8) is 0 Å². The first-order chi connectivity index (χ1) is 11.5. The van der Waals surface area contributed by atoms with E-state index in [1.165, 1.54) is 51.4 Å². The van der Waals surface area contributed by atoms with Crippen molar-refractivity contribution < 1.29 is 9.53 Å². The predicted molar refractivity (Wildman–Crippen MR) is 93.5 cm³/mol. The first-order valence-corrected chi connectivity index (χ1v) is 10.4. The number of ether oxygens (including phenoxy) is 1. The number of amides is 1. The normalized spacial score (nSPS) is 56.5. The minimum absolute atomic E-state index is 0.209. The van der Waals surface area contributed by atoms with Crippen LogP contribution in [0.3, 0.4) is 0 Å². The molecule has 0 aromatic rings. The predicted octanol–water partition coefficient (Wildman–Crippen LogP) is 4.06. The molecule has 0 aromatic heterocycles. The lowest BCUT2D eigenvalue weighted by molar-refractivity contribution is -0.154. The van der Waals surface area contributed by atoms with Gasteiger partial charge >= 0.3 is 0 Å². The number of hydrogen-bond acceptors (Lipinski definition) is 2. The van der Waals surface area contributed by atoms with Crippen LogP contribution in [0, 0.1) is 28.6 Å². The summed E-state index contributed by atoms with van der Waals surface area (Å²) >= 11 is 0. The molecule has 1 N–H and O–H groups in total. The Morgan fingerprint density at radius 2 is 1.83 bits per heavy atom. The molecule has 1 spiro atoms. The van der Waals surface area contributed by atoms with E-state index in [0.29, 0.717) is 16.9 Å². The first kappa shape index (κ1) is 15.7. The molecular formula is C21H33NO2. The molecular weight excluding hydrogens is 298 g/mol. The summed E-state index contributed by atoms with van der Waals surface area (Å²) in [6.45, 7) is 6.05. The Morgan fingerprint density at radius 3 is 2.62 bits per heavy atom. The number of carbonyl (C=O) groups is 1. The smallest absolute Gasteiger partial charge is 0.220 e. The minimum atomic E-state index is 0.209. The molecule has 0 bridgehead atoms. The Hall–Kier alpha value is -0.570. The quantitative estimate of drug-likeness (QED) is 0.727. The average molecular weight is 332 g/mol. The van der Waals surface area contributed by atoms with E-state index < -0.39 is 0 Å². The Morgan fingerprint density at radius 1 is 1.00 bits per heavy atom. The standard InChI is InChI=1S/C21H33NO2/c1-19-10-8-18(23)22-17(19)5-4-14-15(19)6-11-20(2)16(14)7-12-21(20)9-3-13-24-21/h14-17H,3-13H2,1-2H3,(H,22,23)/t14-,15+,16+,17-,19-,20+,21+/m1/s1. The molecule has 0 aromatic carbocycles. The largest absolute Gasteiger partial charge is 0.374 e. The highest BCUT2D eigenvalue weighted by molar-refractivity contribution is 5.77. The van der Waals surface area contributed by atoms with Crippen molar-refractivity contribution in [2.24, 2.45) is 28.6 Å². The van der Waals surface area contributed by atoms with Crippen molar-refractivity contribution in [3.05, 3.63) is 0 Å². The van der Waals surface area contributed by atoms with Gasteiger partial charge in [-0.25, -0.2) is 0 Å². The maximum absolute atomic E-state index is 11.9. The van der Waals surface area contributed by atoms with Crippen LogP contribution in [-0.4, -0.2) is 24.2 Å². The monoisotopic (exact) mass is 331 g/mol. The van der Waals surface area contributed by atoms with Gasteiger partial charge in [0.25, 0.3) is 0 Å². The Balaban J connectivity index is 1.46. The van der Waals surface area contributed by atoms with Crippen molar-refractivity contribution >= 4 is 5.91 Å². The van der Waals surface area contributed by atoms with E-state index >= 15 is 0 Å². The van der Waals surface area contributed by atoms with Gasteiger partial charge in [-0.3, -0.25) is 4.79 Å². The van der Waals surface area contributed by atoms with Gasteiger partial charge in [0.05, 0.1) is 5.60 Å². The second-order valence-corrected chi connectivity index (χ2v) is 10.0. The molecule has 3 aliphatic carbocycles. The molecule has 3 nitrogen and oxygen atoms in total. The Bertz CT molecular complexity index is 554. The number of nitrogens with one attached hydrogen (secondary N) is 1. The molecule has 5 fully saturated rings. The zero-order valence-corrected chi connectivity index (χ0v) is 15.4. The molecule has 24 heavy (non-hydrogen) atoms. The van der Waals surface area contributed by atoms with E-state index in [-0.39, 0.29) is 11.5 Å². The molecule has 3 saturated carbocycles. The Kier molecular flexibility index (Phi) is 3.26. The fourth-order valence-corrected chi connectivity index (χ4v) is 8.14. The van der Waals surface area contributed by atoms with Crippen molar-refractivity contribution in [2.45, 2.75) is 89.7 Å².